The van der Waals surface area contributed by atoms with Gasteiger partial charge in [-0.25, -0.2) is 4.79 Å². The van der Waals surface area contributed by atoms with E-state index in [2.05, 4.69) is 27.7 Å². The average Bonchev–Trinajstić information content (AvgIpc) is 2.44. The van der Waals surface area contributed by atoms with Crippen molar-refractivity contribution in [1.82, 2.24) is 0 Å². The molecule has 0 aliphatic heterocycles. The molecule has 2 aliphatic carbocycles. The number of hydrogen-bond donors (Lipinski definition) is 1. The van der Waals surface area contributed by atoms with Crippen LogP contribution in [0.2, 0.25) is 0 Å². The topological polar surface area (TPSA) is 54.4 Å². The molecule has 0 amide bonds. The molecule has 0 spiro atoms. The van der Waals surface area contributed by atoms with Gasteiger partial charge < -0.3 is 5.11 Å². The summed E-state index contributed by atoms with van der Waals surface area (Å²) in [7, 11) is 0. The highest BCUT2D eigenvalue weighted by Gasteiger charge is 2.54. The molecule has 0 bridgehead atoms. The van der Waals surface area contributed by atoms with Crippen molar-refractivity contribution in [2.24, 2.45) is 22.7 Å². The van der Waals surface area contributed by atoms with Crippen molar-refractivity contribution in [1.29, 1.82) is 0 Å². The van der Waals surface area contributed by atoms with Crippen LogP contribution in [0.3, 0.4) is 0 Å². The molecule has 3 nitrogen and oxygen atoms in total. The van der Waals surface area contributed by atoms with Crippen LogP contribution < -0.4 is 0 Å². The van der Waals surface area contributed by atoms with Crippen molar-refractivity contribution in [2.75, 3.05) is 0 Å². The minimum atomic E-state index is -0.874. The second kappa shape index (κ2) is 6.26. The Bertz CT molecular complexity index is 571. The lowest BCUT2D eigenvalue weighted by atomic mass is 9.47. The van der Waals surface area contributed by atoms with Gasteiger partial charge in [0, 0.05) is 12.5 Å². The molecule has 1 fully saturated rings. The van der Waals surface area contributed by atoms with E-state index < -0.39 is 5.97 Å². The van der Waals surface area contributed by atoms with Crippen LogP contribution in [-0.2, 0) is 9.59 Å². The quantitative estimate of drug-likeness (QED) is 0.759. The third-order valence-corrected chi connectivity index (χ3v) is 6.90. The summed E-state index contributed by atoms with van der Waals surface area (Å²) in [5.74, 6) is 0.287. The van der Waals surface area contributed by atoms with Gasteiger partial charge in [0.25, 0.3) is 0 Å². The molecular weight excluding hydrogens is 288 g/mol. The summed E-state index contributed by atoms with van der Waals surface area (Å²) in [6.45, 7) is 10.9. The van der Waals surface area contributed by atoms with Crippen molar-refractivity contribution < 1.29 is 14.7 Å². The Morgan fingerprint density at radius 1 is 1.43 bits per heavy atom. The number of carbonyl (C=O) groups is 2. The first-order valence-electron chi connectivity index (χ1n) is 8.71. The van der Waals surface area contributed by atoms with E-state index >= 15 is 0 Å². The molecule has 0 aromatic heterocycles. The van der Waals surface area contributed by atoms with Gasteiger partial charge in [-0.15, -0.1) is 0 Å². The van der Waals surface area contributed by atoms with Gasteiger partial charge in [0.15, 0.2) is 5.78 Å². The second-order valence-electron chi connectivity index (χ2n) is 8.24. The minimum Gasteiger partial charge on any atom is -0.478 e. The highest BCUT2D eigenvalue weighted by atomic mass is 16.4. The molecule has 1 saturated carbocycles. The van der Waals surface area contributed by atoms with E-state index in [4.69, 9.17) is 5.11 Å². The van der Waals surface area contributed by atoms with Crippen LogP contribution in [0.15, 0.2) is 23.3 Å². The van der Waals surface area contributed by atoms with Gasteiger partial charge >= 0.3 is 5.97 Å². The van der Waals surface area contributed by atoms with Gasteiger partial charge in [-0.3, -0.25) is 4.79 Å². The maximum Gasteiger partial charge on any atom is 0.328 e. The molecule has 2 rings (SSSR count). The Kier molecular flexibility index (Phi) is 4.89. The summed E-state index contributed by atoms with van der Waals surface area (Å²) in [6.07, 6.45) is 7.85. The number of hydrogen-bond acceptors (Lipinski definition) is 2. The molecule has 1 N–H and O–H groups in total. The lowest BCUT2D eigenvalue weighted by Crippen LogP contribution is -2.50. The first kappa shape index (κ1) is 18.0. The Balaban J connectivity index is 2.29. The Hall–Kier alpha value is -1.38. The Morgan fingerprint density at radius 2 is 2.09 bits per heavy atom. The van der Waals surface area contributed by atoms with Gasteiger partial charge in [0.05, 0.1) is 0 Å². The standard InChI is InChI=1S/C20H30O3/c1-13(10-18(22)23)6-8-19(4)14(2)7-9-20(5)15(3)11-16(21)12-17(19)20/h10-11,14,17H,6-9,12H2,1-5H3,(H,22,23)/b13-10+/t14-,17-,19-,20-/m0/s1. The second-order valence-corrected chi connectivity index (χ2v) is 8.24. The van der Waals surface area contributed by atoms with Crippen molar-refractivity contribution >= 4 is 11.8 Å². The molecule has 128 valence electrons. The van der Waals surface area contributed by atoms with Gasteiger partial charge in [0.2, 0.25) is 0 Å². The molecule has 4 atom stereocenters. The summed E-state index contributed by atoms with van der Waals surface area (Å²) in [4.78, 5) is 23.0. The Morgan fingerprint density at radius 3 is 2.70 bits per heavy atom. The van der Waals surface area contributed by atoms with Crippen LogP contribution >= 0.6 is 0 Å². The zero-order valence-corrected chi connectivity index (χ0v) is 15.1. The molecule has 3 heteroatoms. The van der Waals surface area contributed by atoms with E-state index in [1.54, 1.807) is 0 Å². The first-order valence-corrected chi connectivity index (χ1v) is 8.71. The third kappa shape index (κ3) is 3.29. The van der Waals surface area contributed by atoms with Crippen molar-refractivity contribution in [3.05, 3.63) is 23.3 Å². The molecule has 0 unspecified atom stereocenters. The van der Waals surface area contributed by atoms with Gasteiger partial charge in [-0.05, 0) is 68.3 Å². The number of aliphatic carboxylic acids is 1. The fourth-order valence-electron chi connectivity index (χ4n) is 4.86. The molecule has 0 aromatic rings. The third-order valence-electron chi connectivity index (χ3n) is 6.90. The fraction of sp³-hybridized carbons (Fsp3) is 0.700. The number of fused-ring (bicyclic) bond motifs is 1. The fourth-order valence-corrected chi connectivity index (χ4v) is 4.86. The number of carboxylic acid groups (broad SMARTS) is 1. The number of ketones is 1. The predicted molar refractivity (Wildman–Crippen MR) is 92.1 cm³/mol. The van der Waals surface area contributed by atoms with E-state index in [0.29, 0.717) is 18.3 Å². The molecule has 0 radical (unpaired) electrons. The monoisotopic (exact) mass is 318 g/mol. The number of carbonyl (C=O) groups excluding carboxylic acids is 1. The van der Waals surface area contributed by atoms with Crippen molar-refractivity contribution in [3.63, 3.8) is 0 Å². The molecule has 0 heterocycles. The lowest BCUT2D eigenvalue weighted by molar-refractivity contribution is -0.131. The van der Waals surface area contributed by atoms with E-state index in [-0.39, 0.29) is 16.6 Å². The van der Waals surface area contributed by atoms with Crippen LogP contribution in [-0.4, -0.2) is 16.9 Å². The SMILES string of the molecule is CC1=CC(=O)C[C@H]2[C@@](C)(CC/C(C)=C/C(=O)O)[C@@H](C)CC[C@@]12C. The average molecular weight is 318 g/mol. The highest BCUT2D eigenvalue weighted by Crippen LogP contribution is 2.61. The lowest BCUT2D eigenvalue weighted by Gasteiger charge is -2.57. The van der Waals surface area contributed by atoms with Gasteiger partial charge in [0.1, 0.15) is 0 Å². The summed E-state index contributed by atoms with van der Waals surface area (Å²) in [5.41, 5.74) is 2.33. The van der Waals surface area contributed by atoms with Gasteiger partial charge in [-0.1, -0.05) is 31.9 Å². The first-order chi connectivity index (χ1) is 10.6. The predicted octanol–water partition coefficient (Wildman–Crippen LogP) is 4.78. The zero-order chi connectivity index (χ0) is 17.4. The van der Waals surface area contributed by atoms with Crippen molar-refractivity contribution in [3.8, 4) is 0 Å². The number of allylic oxidation sites excluding steroid dienone is 3. The summed E-state index contributed by atoms with van der Waals surface area (Å²) >= 11 is 0. The smallest absolute Gasteiger partial charge is 0.328 e. The van der Waals surface area contributed by atoms with Crippen LogP contribution in [0, 0.1) is 22.7 Å². The number of carboxylic acids is 1. The molecule has 0 saturated heterocycles. The molecule has 23 heavy (non-hydrogen) atoms. The normalized spacial score (nSPS) is 38.0. The molecule has 2 aliphatic rings. The van der Waals surface area contributed by atoms with Crippen LogP contribution in [0.1, 0.15) is 66.7 Å². The highest BCUT2D eigenvalue weighted by molar-refractivity contribution is 5.92. The maximum absolute atomic E-state index is 12.2. The zero-order valence-electron chi connectivity index (χ0n) is 15.1. The summed E-state index contributed by atoms with van der Waals surface area (Å²) < 4.78 is 0. The minimum absolute atomic E-state index is 0.0752. The van der Waals surface area contributed by atoms with Crippen LogP contribution in [0.25, 0.3) is 0 Å². The summed E-state index contributed by atoms with van der Waals surface area (Å²) in [6, 6.07) is 0. The van der Waals surface area contributed by atoms with E-state index in [0.717, 1.165) is 24.8 Å². The van der Waals surface area contributed by atoms with Crippen LogP contribution in [0.4, 0.5) is 0 Å². The summed E-state index contributed by atoms with van der Waals surface area (Å²) in [5, 5.41) is 8.91. The largest absolute Gasteiger partial charge is 0.478 e. The van der Waals surface area contributed by atoms with Crippen molar-refractivity contribution in [2.45, 2.75) is 66.7 Å². The number of rotatable bonds is 4. The van der Waals surface area contributed by atoms with E-state index in [9.17, 15) is 9.59 Å². The van der Waals surface area contributed by atoms with E-state index in [1.807, 2.05) is 13.0 Å². The van der Waals surface area contributed by atoms with Crippen LogP contribution in [0.5, 0.6) is 0 Å². The molecule has 0 aromatic carbocycles. The maximum atomic E-state index is 12.2. The van der Waals surface area contributed by atoms with Gasteiger partial charge in [-0.2, -0.15) is 0 Å². The van der Waals surface area contributed by atoms with E-state index in [1.165, 1.54) is 18.1 Å². The molecular formula is C20H30O3. The Labute approximate surface area is 139 Å².